The van der Waals surface area contributed by atoms with Gasteiger partial charge in [-0.05, 0) is 156 Å². The number of rotatable bonds is 26. The summed E-state index contributed by atoms with van der Waals surface area (Å²) in [7, 11) is 3.61. The fourth-order valence-electron chi connectivity index (χ4n) is 18.1. The summed E-state index contributed by atoms with van der Waals surface area (Å²) < 4.78 is 41.6. The van der Waals surface area contributed by atoms with E-state index in [1.54, 1.807) is 62.2 Å². The molecule has 4 amide bonds. The molecule has 38 heteroatoms. The molecule has 9 aromatic carbocycles. The highest BCUT2D eigenvalue weighted by Gasteiger charge is 2.27. The third kappa shape index (κ3) is 23.9. The van der Waals surface area contributed by atoms with Crippen molar-refractivity contribution in [2.75, 3.05) is 177 Å². The molecule has 37 nitrogen and oxygen atoms in total. The summed E-state index contributed by atoms with van der Waals surface area (Å²) in [4.78, 5) is 103. The quantitative estimate of drug-likeness (QED) is 0.0239. The van der Waals surface area contributed by atoms with Gasteiger partial charge in [0.25, 0.3) is 23.6 Å². The predicted molar refractivity (Wildman–Crippen MR) is 555 cm³/mol. The number of fused-ring (bicyclic) bond motifs is 4. The van der Waals surface area contributed by atoms with Crippen molar-refractivity contribution in [1.82, 2.24) is 110 Å². The van der Waals surface area contributed by atoms with Gasteiger partial charge in [0.1, 0.15) is 34.3 Å². The summed E-state index contributed by atoms with van der Waals surface area (Å²) >= 11 is 0. The predicted octanol–water partition coefficient (Wildman–Crippen LogP) is 15.0. The van der Waals surface area contributed by atoms with Crippen LogP contribution in [0.15, 0.2) is 237 Å². The number of nitrogens with zero attached hydrogens (tertiary/aromatic N) is 15. The fraction of sp³-hybridized carbons (Fsp3) is 0.262. The molecule has 18 aromatic rings. The third-order valence-corrected chi connectivity index (χ3v) is 25.9. The average molecular weight is 1950 g/mol. The lowest BCUT2D eigenvalue weighted by Crippen LogP contribution is -2.44. The highest BCUT2D eigenvalue weighted by atomic mass is 19.1. The van der Waals surface area contributed by atoms with E-state index in [1.165, 1.54) is 40.6 Å². The molecule has 740 valence electrons. The number of carbonyl (C=O) groups excluding carboxylic acids is 4. The second-order valence-corrected chi connectivity index (χ2v) is 36.1. The number of morpholine rings is 4. The zero-order valence-electron chi connectivity index (χ0n) is 80.5. The second kappa shape index (κ2) is 45.3. The number of benzene rings is 9. The lowest BCUT2D eigenvalue weighted by atomic mass is 10.0. The number of imidazole rings is 4. The maximum atomic E-state index is 14.5. The van der Waals surface area contributed by atoms with Crippen molar-refractivity contribution < 1.29 is 47.3 Å². The summed E-state index contributed by atoms with van der Waals surface area (Å²) in [6, 6.07) is 66.1. The Morgan fingerprint density at radius 1 is 0.379 bits per heavy atom. The van der Waals surface area contributed by atoms with Gasteiger partial charge in [0.15, 0.2) is 29.0 Å². The van der Waals surface area contributed by atoms with Crippen LogP contribution < -0.4 is 36.2 Å². The van der Waals surface area contributed by atoms with Crippen LogP contribution in [-0.2, 0) is 51.7 Å². The van der Waals surface area contributed by atoms with Gasteiger partial charge >= 0.3 is 0 Å². The van der Waals surface area contributed by atoms with E-state index in [4.69, 9.17) is 43.6 Å². The number of amides is 4. The average Bonchev–Trinajstić information content (AvgIpc) is 1.65. The van der Waals surface area contributed by atoms with E-state index >= 15 is 0 Å². The molecule has 0 aliphatic carbocycles. The van der Waals surface area contributed by atoms with Gasteiger partial charge in [-0.2, -0.15) is 20.4 Å². The second-order valence-electron chi connectivity index (χ2n) is 36.1. The van der Waals surface area contributed by atoms with Gasteiger partial charge in [0, 0.05) is 134 Å². The lowest BCUT2D eigenvalue weighted by Gasteiger charge is -2.34. The van der Waals surface area contributed by atoms with E-state index in [9.17, 15) is 23.6 Å². The van der Waals surface area contributed by atoms with Crippen molar-refractivity contribution in [3.63, 3.8) is 0 Å². The number of halogens is 1. The molecule has 0 saturated carbocycles. The molecule has 5 aliphatic rings. The SMILES string of the molecule is CN1CCN(c2cc(F)cc(C(=O)Nc3cn[nH]c3-c3nc4ccc(CN5CCOCC5)cc4[nH]3)c2)CC1.COc1ccc(C)cc1C(=O)Nc1cn[nH]c1-c1nc2ccc(CN3CCOCC3)cc2[nH]1.O=C(Nc1cn[nH]c1-c1nc2ccc(CN3CCOCC3)cc2[nH]1)c1cccc(-c2ccccc2)c1.O=C(Nc1cn[nH]c1-c1nc2ccc(CN3CCOCC3)cc2[nH]1)c1ncccc1NCc1ccccc1. The van der Waals surface area contributed by atoms with E-state index in [0.29, 0.717) is 109 Å². The number of ether oxygens (including phenoxy) is 5. The number of anilines is 6. The lowest BCUT2D eigenvalue weighted by molar-refractivity contribution is 0.0341. The molecular weight excluding hydrogens is 1840 g/mol. The Labute approximate surface area is 833 Å². The van der Waals surface area contributed by atoms with Crippen molar-refractivity contribution in [2.45, 2.75) is 39.6 Å². The maximum absolute atomic E-state index is 14.5. The zero-order chi connectivity index (χ0) is 98.9. The molecular formula is C107H111FN28O9. The molecule has 5 saturated heterocycles. The minimum absolute atomic E-state index is 0.209. The van der Waals surface area contributed by atoms with Crippen molar-refractivity contribution in [3.8, 4) is 62.9 Å². The molecule has 0 radical (unpaired) electrons. The molecule has 5 aliphatic heterocycles. The Balaban J connectivity index is 0.000000118. The molecule has 23 rings (SSSR count). The Morgan fingerprint density at radius 2 is 0.786 bits per heavy atom. The Morgan fingerprint density at radius 3 is 1.22 bits per heavy atom. The third-order valence-electron chi connectivity index (χ3n) is 25.9. The number of aryl methyl sites for hydroxylation is 1. The van der Waals surface area contributed by atoms with Crippen molar-refractivity contribution in [1.29, 1.82) is 0 Å². The van der Waals surface area contributed by atoms with Crippen LogP contribution in [0.4, 0.5) is 38.5 Å². The molecule has 5 fully saturated rings. The molecule has 0 atom stereocenters. The van der Waals surface area contributed by atoms with E-state index in [1.807, 2.05) is 122 Å². The number of hydrogen-bond donors (Lipinski definition) is 13. The number of H-pyrrole nitrogens is 8. The Bertz CT molecular complexity index is 7530. The Hall–Kier alpha value is -16.3. The van der Waals surface area contributed by atoms with Crippen LogP contribution in [0.3, 0.4) is 0 Å². The van der Waals surface area contributed by atoms with Crippen molar-refractivity contribution in [3.05, 3.63) is 299 Å². The molecule has 145 heavy (non-hydrogen) atoms. The number of hydrogen-bond acceptors (Lipinski definition) is 25. The Kier molecular flexibility index (Phi) is 30.1. The van der Waals surface area contributed by atoms with Gasteiger partial charge in [-0.15, -0.1) is 0 Å². The number of aromatic nitrogens is 17. The number of pyridine rings is 1. The van der Waals surface area contributed by atoms with Gasteiger partial charge in [0.2, 0.25) is 0 Å². The number of aromatic amines is 8. The molecule has 0 spiro atoms. The highest BCUT2D eigenvalue weighted by molar-refractivity contribution is 6.10. The number of likely N-dealkylation sites (N-methyl/N-ethyl adjacent to an activating group) is 1. The van der Waals surface area contributed by atoms with Crippen molar-refractivity contribution in [2.24, 2.45) is 0 Å². The zero-order valence-corrected chi connectivity index (χ0v) is 80.5. The summed E-state index contributed by atoms with van der Waals surface area (Å²) in [5.41, 5.74) is 23.5. The highest BCUT2D eigenvalue weighted by Crippen LogP contribution is 2.35. The monoisotopic (exact) mass is 1950 g/mol. The van der Waals surface area contributed by atoms with Gasteiger partial charge in [0.05, 0.1) is 163 Å². The van der Waals surface area contributed by atoms with E-state index in [2.05, 4.69) is 177 Å². The topological polar surface area (TPSA) is 436 Å². The molecule has 13 N–H and O–H groups in total. The minimum Gasteiger partial charge on any atom is -0.496 e. The first-order chi connectivity index (χ1) is 71.1. The first-order valence-electron chi connectivity index (χ1n) is 48.4. The van der Waals surface area contributed by atoms with E-state index in [-0.39, 0.29) is 23.3 Å². The standard InChI is InChI=1S/C28H28N8O2.C28H26N6O2.C27H31FN8O2.C24H26N6O3/c37-28(26-22(7-4-10-29-26)30-16-19-5-2-1-3-6-19)34-24-17-31-35-25(24)27-32-21-9-8-20(15-23(21)33-27)18-36-11-13-38-14-12-36;35-28(22-8-4-7-21(16-22)20-5-2-1-3-6-20)32-25-17-29-33-26(25)27-30-23-10-9-19(15-24(23)31-27)18-34-11-13-36-14-12-34;1-34-4-6-36(7-5-34)21-14-19(13-20(28)15-21)27(37)32-24-16-29-33-25(24)26-30-22-3-2-18(12-23(22)31-26)17-35-8-10-38-11-9-35;1-15-3-6-21(32-2)17(11-15)24(31)28-20-13-25-29-22(20)23-26-18-5-4-16(12-19(18)27-23)14-30-7-9-33-10-8-30/h1-10,15,17,30H,11-14,16,18H2,(H,31,35)(H,32,33)(H,34,37);1-10,15-17H,11-14,18H2,(H,29,33)(H,30,31)(H,32,35);2-3,12-16H,4-11,17H2,1H3,(H,29,33)(H,30,31)(H,32,37);3-6,11-13H,7-10,14H2,1-2H3,(H,25,29)(H,26,27)(H,28,31). The maximum Gasteiger partial charge on any atom is 0.276 e. The van der Waals surface area contributed by atoms with Gasteiger partial charge in [-0.25, -0.2) is 29.3 Å². The van der Waals surface area contributed by atoms with Crippen LogP contribution >= 0.6 is 0 Å². The van der Waals surface area contributed by atoms with E-state index in [0.717, 1.165) is 224 Å². The van der Waals surface area contributed by atoms with Gasteiger partial charge in [-0.3, -0.25) is 59.2 Å². The number of piperazine rings is 1. The number of carbonyl (C=O) groups is 4. The number of nitrogens with one attached hydrogen (secondary N) is 13. The summed E-state index contributed by atoms with van der Waals surface area (Å²) in [5.74, 6) is 1.23. The van der Waals surface area contributed by atoms with Gasteiger partial charge in [-0.1, -0.05) is 109 Å². The fourth-order valence-corrected chi connectivity index (χ4v) is 18.1. The smallest absolute Gasteiger partial charge is 0.276 e. The minimum atomic E-state index is -0.441. The first-order valence-corrected chi connectivity index (χ1v) is 48.4. The molecule has 0 bridgehead atoms. The van der Waals surface area contributed by atoms with Crippen LogP contribution in [0.2, 0.25) is 0 Å². The molecule has 14 heterocycles. The summed E-state index contributed by atoms with van der Waals surface area (Å²) in [6.07, 6.45) is 7.89. The van der Waals surface area contributed by atoms with Crippen LogP contribution in [0.25, 0.3) is 101 Å². The number of methoxy groups -OCH3 is 1. The van der Waals surface area contributed by atoms with E-state index < -0.39 is 11.7 Å². The van der Waals surface area contributed by atoms with Crippen molar-refractivity contribution >= 4 is 102 Å². The molecule has 9 aromatic heterocycles. The summed E-state index contributed by atoms with van der Waals surface area (Å²) in [5, 5.41) is 43.4. The first kappa shape index (κ1) is 96.2. The molecule has 0 unspecified atom stereocenters. The normalized spacial score (nSPS) is 15.0. The van der Waals surface area contributed by atoms with Crippen LogP contribution in [0.1, 0.15) is 74.9 Å². The largest absolute Gasteiger partial charge is 0.496 e. The van der Waals surface area contributed by atoms with Crippen LogP contribution in [0.5, 0.6) is 5.75 Å². The van der Waals surface area contributed by atoms with Crippen LogP contribution in [-0.4, -0.2) is 279 Å². The van der Waals surface area contributed by atoms with Crippen LogP contribution in [0, 0.1) is 12.7 Å². The van der Waals surface area contributed by atoms with Gasteiger partial charge < -0.3 is 80.0 Å². The summed E-state index contributed by atoms with van der Waals surface area (Å²) in [6.45, 7) is 23.0.